The number of amides is 1. The second kappa shape index (κ2) is 5.70. The van der Waals surface area contributed by atoms with Gasteiger partial charge < -0.3 is 15.7 Å². The number of nitrogens with two attached hydrogens (primary N) is 1. The molecule has 0 bridgehead atoms. The van der Waals surface area contributed by atoms with Gasteiger partial charge in [-0.1, -0.05) is 0 Å². The minimum absolute atomic E-state index is 0.0929. The summed E-state index contributed by atoms with van der Waals surface area (Å²) in [6.45, 7) is 1.84. The normalized spacial score (nSPS) is 20.6. The minimum Gasteiger partial charge on any atom is -0.481 e. The first-order valence-corrected chi connectivity index (χ1v) is 5.33. The molecule has 0 saturated carbocycles. The fourth-order valence-electron chi connectivity index (χ4n) is 1.90. The van der Waals surface area contributed by atoms with Crippen LogP contribution in [-0.4, -0.2) is 41.5 Å². The van der Waals surface area contributed by atoms with Crippen LogP contribution >= 0.6 is 0 Å². The number of carboxylic acids is 1. The van der Waals surface area contributed by atoms with E-state index in [0.29, 0.717) is 31.8 Å². The summed E-state index contributed by atoms with van der Waals surface area (Å²) in [5, 5.41) is 8.54. The molecule has 1 aliphatic heterocycles. The Morgan fingerprint density at radius 2 is 2.13 bits per heavy atom. The van der Waals surface area contributed by atoms with Crippen LogP contribution in [0, 0.1) is 5.92 Å². The summed E-state index contributed by atoms with van der Waals surface area (Å²) in [7, 11) is 0. The molecule has 1 amide bonds. The molecule has 0 radical (unpaired) electrons. The van der Waals surface area contributed by atoms with Crippen molar-refractivity contribution in [3.05, 3.63) is 0 Å². The molecule has 1 saturated heterocycles. The van der Waals surface area contributed by atoms with Crippen molar-refractivity contribution in [3.8, 4) is 0 Å². The molecule has 0 aliphatic carbocycles. The standard InChI is InChI=1S/C10H18N2O3/c11-5-3-9(13)12-6-4-8(7-12)1-2-10(14)15/h8H,1-7,11H2,(H,14,15). The molecule has 0 spiro atoms. The zero-order valence-corrected chi connectivity index (χ0v) is 8.82. The van der Waals surface area contributed by atoms with E-state index in [-0.39, 0.29) is 12.3 Å². The lowest BCUT2D eigenvalue weighted by atomic mass is 10.0. The van der Waals surface area contributed by atoms with Gasteiger partial charge in [-0.05, 0) is 18.8 Å². The minimum atomic E-state index is -0.762. The number of hydrogen-bond donors (Lipinski definition) is 2. The fraction of sp³-hybridized carbons (Fsp3) is 0.800. The molecule has 15 heavy (non-hydrogen) atoms. The van der Waals surface area contributed by atoms with E-state index in [9.17, 15) is 9.59 Å². The Labute approximate surface area is 89.2 Å². The number of aliphatic carboxylic acids is 1. The van der Waals surface area contributed by atoms with Crippen molar-refractivity contribution in [2.24, 2.45) is 11.7 Å². The van der Waals surface area contributed by atoms with Gasteiger partial charge in [-0.2, -0.15) is 0 Å². The number of likely N-dealkylation sites (tertiary alicyclic amines) is 1. The van der Waals surface area contributed by atoms with E-state index in [0.717, 1.165) is 13.0 Å². The third-order valence-electron chi connectivity index (χ3n) is 2.76. The van der Waals surface area contributed by atoms with Gasteiger partial charge in [0, 0.05) is 32.5 Å². The SMILES string of the molecule is NCCC(=O)N1CCC(CCC(=O)O)C1. The predicted octanol–water partition coefficient (Wildman–Crippen LogP) is 0.0485. The highest BCUT2D eigenvalue weighted by Crippen LogP contribution is 2.21. The van der Waals surface area contributed by atoms with Crippen LogP contribution in [0.25, 0.3) is 0 Å². The lowest BCUT2D eigenvalue weighted by Gasteiger charge is -2.15. The van der Waals surface area contributed by atoms with Crippen LogP contribution in [0.5, 0.6) is 0 Å². The summed E-state index contributed by atoms with van der Waals surface area (Å²) in [4.78, 5) is 23.6. The average Bonchev–Trinajstić information content (AvgIpc) is 2.63. The summed E-state index contributed by atoms with van der Waals surface area (Å²) in [5.74, 6) is -0.320. The first kappa shape index (κ1) is 12.0. The Kier molecular flexibility index (Phi) is 4.55. The maximum Gasteiger partial charge on any atom is 0.303 e. The van der Waals surface area contributed by atoms with Crippen LogP contribution in [0.3, 0.4) is 0 Å². The van der Waals surface area contributed by atoms with Crippen LogP contribution in [0.15, 0.2) is 0 Å². The smallest absolute Gasteiger partial charge is 0.303 e. The monoisotopic (exact) mass is 214 g/mol. The van der Waals surface area contributed by atoms with Gasteiger partial charge in [0.25, 0.3) is 0 Å². The molecular weight excluding hydrogens is 196 g/mol. The highest BCUT2D eigenvalue weighted by atomic mass is 16.4. The average molecular weight is 214 g/mol. The molecule has 0 aromatic rings. The second-order valence-corrected chi connectivity index (χ2v) is 3.97. The number of carbonyl (C=O) groups excluding carboxylic acids is 1. The molecule has 86 valence electrons. The summed E-state index contributed by atoms with van der Waals surface area (Å²) >= 11 is 0. The summed E-state index contributed by atoms with van der Waals surface area (Å²) in [6.07, 6.45) is 2.18. The maximum atomic E-state index is 11.5. The van der Waals surface area contributed by atoms with Gasteiger partial charge in [0.2, 0.25) is 5.91 Å². The molecule has 1 aliphatic rings. The van der Waals surface area contributed by atoms with E-state index in [1.807, 2.05) is 0 Å². The first-order chi connectivity index (χ1) is 7.13. The number of rotatable bonds is 5. The van der Waals surface area contributed by atoms with Crippen molar-refractivity contribution >= 4 is 11.9 Å². The second-order valence-electron chi connectivity index (χ2n) is 3.97. The molecule has 1 fully saturated rings. The van der Waals surface area contributed by atoms with Gasteiger partial charge in [-0.15, -0.1) is 0 Å². The van der Waals surface area contributed by atoms with Crippen LogP contribution in [-0.2, 0) is 9.59 Å². The molecule has 5 heteroatoms. The van der Waals surface area contributed by atoms with Gasteiger partial charge >= 0.3 is 5.97 Å². The highest BCUT2D eigenvalue weighted by molar-refractivity contribution is 5.76. The van der Waals surface area contributed by atoms with Crippen molar-refractivity contribution in [2.45, 2.75) is 25.7 Å². The van der Waals surface area contributed by atoms with Gasteiger partial charge in [-0.25, -0.2) is 0 Å². The highest BCUT2D eigenvalue weighted by Gasteiger charge is 2.25. The Balaban J connectivity index is 2.26. The Bertz CT molecular complexity index is 243. The Hall–Kier alpha value is -1.10. The predicted molar refractivity (Wildman–Crippen MR) is 55.2 cm³/mol. The van der Waals surface area contributed by atoms with Crippen molar-refractivity contribution in [3.63, 3.8) is 0 Å². The number of hydrogen-bond acceptors (Lipinski definition) is 3. The van der Waals surface area contributed by atoms with E-state index in [2.05, 4.69) is 0 Å². The van der Waals surface area contributed by atoms with Crippen molar-refractivity contribution in [1.82, 2.24) is 4.90 Å². The number of carbonyl (C=O) groups is 2. The molecule has 1 rings (SSSR count). The van der Waals surface area contributed by atoms with Crippen molar-refractivity contribution in [1.29, 1.82) is 0 Å². The van der Waals surface area contributed by atoms with Crippen LogP contribution in [0.1, 0.15) is 25.7 Å². The van der Waals surface area contributed by atoms with Crippen LogP contribution in [0.2, 0.25) is 0 Å². The molecule has 1 atom stereocenters. The van der Waals surface area contributed by atoms with Gasteiger partial charge in [0.15, 0.2) is 0 Å². The van der Waals surface area contributed by atoms with E-state index in [1.165, 1.54) is 0 Å². The number of nitrogens with zero attached hydrogens (tertiary/aromatic N) is 1. The van der Waals surface area contributed by atoms with E-state index >= 15 is 0 Å². The molecule has 1 unspecified atom stereocenters. The third kappa shape index (κ3) is 3.87. The Morgan fingerprint density at radius 1 is 1.40 bits per heavy atom. The molecular formula is C10H18N2O3. The first-order valence-electron chi connectivity index (χ1n) is 5.33. The van der Waals surface area contributed by atoms with Crippen molar-refractivity contribution < 1.29 is 14.7 Å². The zero-order chi connectivity index (χ0) is 11.3. The lowest BCUT2D eigenvalue weighted by molar-refractivity contribution is -0.137. The Morgan fingerprint density at radius 3 is 2.73 bits per heavy atom. The largest absolute Gasteiger partial charge is 0.481 e. The van der Waals surface area contributed by atoms with E-state index in [1.54, 1.807) is 4.90 Å². The van der Waals surface area contributed by atoms with E-state index in [4.69, 9.17) is 10.8 Å². The molecule has 5 nitrogen and oxygen atoms in total. The quantitative estimate of drug-likeness (QED) is 0.677. The van der Waals surface area contributed by atoms with Crippen molar-refractivity contribution in [2.75, 3.05) is 19.6 Å². The van der Waals surface area contributed by atoms with Gasteiger partial charge in [-0.3, -0.25) is 9.59 Å². The zero-order valence-electron chi connectivity index (χ0n) is 8.82. The van der Waals surface area contributed by atoms with Gasteiger partial charge in [0.05, 0.1) is 0 Å². The molecule has 0 aromatic heterocycles. The van der Waals surface area contributed by atoms with Crippen LogP contribution in [0.4, 0.5) is 0 Å². The molecule has 3 N–H and O–H groups in total. The van der Waals surface area contributed by atoms with Gasteiger partial charge in [0.1, 0.15) is 0 Å². The van der Waals surface area contributed by atoms with E-state index < -0.39 is 5.97 Å². The van der Waals surface area contributed by atoms with Crippen LogP contribution < -0.4 is 5.73 Å². The summed E-state index contributed by atoms with van der Waals surface area (Å²) < 4.78 is 0. The summed E-state index contributed by atoms with van der Waals surface area (Å²) in [5.41, 5.74) is 5.30. The fourth-order valence-corrected chi connectivity index (χ4v) is 1.90. The third-order valence-corrected chi connectivity index (χ3v) is 2.76. The summed E-state index contributed by atoms with van der Waals surface area (Å²) in [6, 6.07) is 0. The topological polar surface area (TPSA) is 83.6 Å². The maximum absolute atomic E-state index is 11.5. The lowest BCUT2D eigenvalue weighted by Crippen LogP contribution is -2.30. The molecule has 0 aromatic carbocycles. The number of carboxylic acid groups (broad SMARTS) is 1. The molecule has 1 heterocycles.